The van der Waals surface area contributed by atoms with Crippen molar-refractivity contribution in [2.45, 2.75) is 18.9 Å². The van der Waals surface area contributed by atoms with Gasteiger partial charge in [-0.05, 0) is 53.1 Å². The Morgan fingerprint density at radius 1 is 0.889 bits per heavy atom. The molecule has 3 aromatic carbocycles. The zero-order chi connectivity index (χ0) is 32.8. The van der Waals surface area contributed by atoms with Gasteiger partial charge in [0.25, 0.3) is 5.91 Å². The first-order valence-corrected chi connectivity index (χ1v) is 13.3. The van der Waals surface area contributed by atoms with Gasteiger partial charge in [-0.15, -0.1) is 0 Å². The maximum atomic E-state index is 13.1. The van der Waals surface area contributed by atoms with Crippen LogP contribution in [0.2, 0.25) is 0 Å². The number of aryl methyl sites for hydroxylation is 1. The highest BCUT2D eigenvalue weighted by Gasteiger charge is 2.38. The first kappa shape index (κ1) is 32.7. The summed E-state index contributed by atoms with van der Waals surface area (Å²) in [6, 6.07) is 21.0. The number of H-pyrrole nitrogens is 1. The molecule has 1 amide bonds. The standard InChI is InChI=1S/C28H25F3N6O.C2HF3O2/c1-37-25(10-11-34-37)27(38)33-13-12-32-17-18-4-2-5-19(14-18)20-6-3-7-21(15-20)26-35-23-9-8-22(28(29,30)31)16-24(23)36-26;3-2(4,5)1(6)7/h2-11,14-16,32H,12-13,17H2,1H3,(H,33,38)(H,35,36);(H,6,7). The third kappa shape index (κ3) is 8.69. The number of hydrogen-bond acceptors (Lipinski definition) is 5. The number of aliphatic carboxylic acids is 1. The van der Waals surface area contributed by atoms with E-state index in [1.165, 1.54) is 10.7 Å². The van der Waals surface area contributed by atoms with Gasteiger partial charge in [-0.3, -0.25) is 9.48 Å². The summed E-state index contributed by atoms with van der Waals surface area (Å²) >= 11 is 0. The van der Waals surface area contributed by atoms with Crippen molar-refractivity contribution in [1.82, 2.24) is 30.4 Å². The highest BCUT2D eigenvalue weighted by atomic mass is 19.4. The van der Waals surface area contributed by atoms with Crippen LogP contribution in [0.4, 0.5) is 26.3 Å². The minimum absolute atomic E-state index is 0.168. The third-order valence-corrected chi connectivity index (χ3v) is 6.42. The molecule has 0 spiro atoms. The van der Waals surface area contributed by atoms with Crippen LogP contribution in [0, 0.1) is 0 Å². The molecule has 0 aliphatic heterocycles. The lowest BCUT2D eigenvalue weighted by Crippen LogP contribution is -2.32. The van der Waals surface area contributed by atoms with Crippen LogP contribution in [0.1, 0.15) is 21.6 Å². The molecule has 0 saturated carbocycles. The molecule has 5 rings (SSSR count). The summed E-state index contributed by atoms with van der Waals surface area (Å²) in [5.74, 6) is -2.42. The summed E-state index contributed by atoms with van der Waals surface area (Å²) in [7, 11) is 1.72. The van der Waals surface area contributed by atoms with Crippen LogP contribution in [-0.4, -0.2) is 56.0 Å². The highest BCUT2D eigenvalue weighted by molar-refractivity contribution is 5.92. The van der Waals surface area contributed by atoms with Gasteiger partial charge >= 0.3 is 18.3 Å². The molecule has 2 heterocycles. The molecule has 236 valence electrons. The number of hydrogen-bond donors (Lipinski definition) is 4. The van der Waals surface area contributed by atoms with Crippen molar-refractivity contribution in [3.63, 3.8) is 0 Å². The molecule has 2 aromatic heterocycles. The van der Waals surface area contributed by atoms with Crippen molar-refractivity contribution in [2.24, 2.45) is 7.05 Å². The molecule has 0 aliphatic carbocycles. The summed E-state index contributed by atoms with van der Waals surface area (Å²) in [5, 5.41) is 17.3. The number of amides is 1. The number of aromatic nitrogens is 4. The molecule has 0 aliphatic rings. The monoisotopic (exact) mass is 632 g/mol. The Morgan fingerprint density at radius 2 is 1.56 bits per heavy atom. The molecule has 15 heteroatoms. The van der Waals surface area contributed by atoms with Crippen LogP contribution < -0.4 is 10.6 Å². The van der Waals surface area contributed by atoms with Gasteiger partial charge in [0.2, 0.25) is 0 Å². The van der Waals surface area contributed by atoms with E-state index in [0.717, 1.165) is 34.4 Å². The number of carbonyl (C=O) groups excluding carboxylic acids is 1. The van der Waals surface area contributed by atoms with Crippen molar-refractivity contribution in [3.8, 4) is 22.5 Å². The summed E-state index contributed by atoms with van der Waals surface area (Å²) in [4.78, 5) is 28.5. The van der Waals surface area contributed by atoms with Crippen LogP contribution >= 0.6 is 0 Å². The SMILES string of the molecule is Cn1nccc1C(=O)NCCNCc1cccc(-c2cccc(-c3nc4ccc(C(F)(F)F)cc4[nH]3)c2)c1.O=C(O)C(F)(F)F. The number of aromatic amines is 1. The van der Waals surface area contributed by atoms with Gasteiger partial charge < -0.3 is 20.7 Å². The molecule has 5 aromatic rings. The van der Waals surface area contributed by atoms with E-state index in [1.54, 1.807) is 19.3 Å². The maximum Gasteiger partial charge on any atom is 0.490 e. The van der Waals surface area contributed by atoms with Crippen molar-refractivity contribution in [3.05, 3.63) is 95.8 Å². The molecule has 45 heavy (non-hydrogen) atoms. The van der Waals surface area contributed by atoms with E-state index >= 15 is 0 Å². The van der Waals surface area contributed by atoms with E-state index in [2.05, 4.69) is 31.8 Å². The maximum absolute atomic E-state index is 13.1. The fourth-order valence-electron chi connectivity index (χ4n) is 4.21. The van der Waals surface area contributed by atoms with E-state index < -0.39 is 23.9 Å². The van der Waals surface area contributed by atoms with Gasteiger partial charge in [0.15, 0.2) is 0 Å². The second-order valence-electron chi connectivity index (χ2n) is 9.67. The Labute approximate surface area is 251 Å². The summed E-state index contributed by atoms with van der Waals surface area (Å²) in [6.07, 6.45) is -7.91. The minimum Gasteiger partial charge on any atom is -0.475 e. The molecular weight excluding hydrogens is 606 g/mol. The zero-order valence-electron chi connectivity index (χ0n) is 23.5. The second-order valence-corrected chi connectivity index (χ2v) is 9.67. The number of imidazole rings is 1. The molecule has 0 atom stereocenters. The van der Waals surface area contributed by atoms with Crippen molar-refractivity contribution >= 4 is 22.9 Å². The normalized spacial score (nSPS) is 11.6. The van der Waals surface area contributed by atoms with E-state index in [-0.39, 0.29) is 5.91 Å². The number of carbonyl (C=O) groups is 2. The number of benzene rings is 3. The second kappa shape index (κ2) is 13.6. The van der Waals surface area contributed by atoms with Crippen molar-refractivity contribution < 1.29 is 41.0 Å². The van der Waals surface area contributed by atoms with Crippen LogP contribution in [0.5, 0.6) is 0 Å². The molecule has 4 N–H and O–H groups in total. The van der Waals surface area contributed by atoms with Gasteiger partial charge in [-0.2, -0.15) is 31.4 Å². The number of nitrogens with zero attached hydrogens (tertiary/aromatic N) is 3. The van der Waals surface area contributed by atoms with Crippen LogP contribution in [0.25, 0.3) is 33.5 Å². The number of fused-ring (bicyclic) bond motifs is 1. The molecule has 0 fully saturated rings. The molecule has 0 saturated heterocycles. The van der Waals surface area contributed by atoms with Gasteiger partial charge in [-0.1, -0.05) is 36.4 Å². The molecule has 0 bridgehead atoms. The average molecular weight is 633 g/mol. The lowest BCUT2D eigenvalue weighted by Gasteiger charge is -2.09. The number of alkyl halides is 6. The summed E-state index contributed by atoms with van der Waals surface area (Å²) in [6.45, 7) is 1.71. The van der Waals surface area contributed by atoms with Crippen LogP contribution in [0.3, 0.4) is 0 Å². The third-order valence-electron chi connectivity index (χ3n) is 6.42. The molecular formula is C30H26F6N6O3. The fourth-order valence-corrected chi connectivity index (χ4v) is 4.21. The first-order chi connectivity index (χ1) is 21.2. The Hall–Kier alpha value is -5.18. The molecule has 9 nitrogen and oxygen atoms in total. The highest BCUT2D eigenvalue weighted by Crippen LogP contribution is 2.32. The Kier molecular flexibility index (Phi) is 9.91. The number of carboxylic acid groups (broad SMARTS) is 1. The summed E-state index contributed by atoms with van der Waals surface area (Å²) < 4.78 is 72.5. The van der Waals surface area contributed by atoms with Crippen molar-refractivity contribution in [1.29, 1.82) is 0 Å². The molecule has 0 radical (unpaired) electrons. The topological polar surface area (TPSA) is 125 Å². The van der Waals surface area contributed by atoms with E-state index in [9.17, 15) is 31.1 Å². The van der Waals surface area contributed by atoms with E-state index in [0.29, 0.717) is 42.2 Å². The van der Waals surface area contributed by atoms with E-state index in [4.69, 9.17) is 9.90 Å². The number of carboxylic acids is 1. The predicted octanol–water partition coefficient (Wildman–Crippen LogP) is 5.80. The minimum atomic E-state index is -5.08. The number of halogens is 6. The zero-order valence-corrected chi connectivity index (χ0v) is 23.5. The molecule has 0 unspecified atom stereocenters. The average Bonchev–Trinajstić information content (AvgIpc) is 3.62. The van der Waals surface area contributed by atoms with Crippen molar-refractivity contribution in [2.75, 3.05) is 13.1 Å². The quantitative estimate of drug-likeness (QED) is 0.127. The lowest BCUT2D eigenvalue weighted by molar-refractivity contribution is -0.192. The smallest absolute Gasteiger partial charge is 0.475 e. The fraction of sp³-hybridized carbons (Fsp3) is 0.200. The van der Waals surface area contributed by atoms with Gasteiger partial charge in [0.05, 0.1) is 16.6 Å². The summed E-state index contributed by atoms with van der Waals surface area (Å²) in [5.41, 5.74) is 4.43. The number of nitrogens with one attached hydrogen (secondary N) is 3. The lowest BCUT2D eigenvalue weighted by atomic mass is 10.0. The van der Waals surface area contributed by atoms with Gasteiger partial charge in [-0.25, -0.2) is 9.78 Å². The van der Waals surface area contributed by atoms with Gasteiger partial charge in [0.1, 0.15) is 11.5 Å². The van der Waals surface area contributed by atoms with Crippen LogP contribution in [0.15, 0.2) is 79.0 Å². The van der Waals surface area contributed by atoms with E-state index in [1.807, 2.05) is 42.5 Å². The first-order valence-electron chi connectivity index (χ1n) is 13.3. The Balaban J connectivity index is 0.000000591. The number of rotatable bonds is 8. The predicted molar refractivity (Wildman–Crippen MR) is 153 cm³/mol. The Bertz CT molecular complexity index is 1790. The van der Waals surface area contributed by atoms with Gasteiger partial charge in [0, 0.05) is 38.4 Å². The largest absolute Gasteiger partial charge is 0.490 e. The van der Waals surface area contributed by atoms with Crippen LogP contribution in [-0.2, 0) is 24.6 Å². The Morgan fingerprint density at radius 3 is 2.20 bits per heavy atom.